The van der Waals surface area contributed by atoms with E-state index < -0.39 is 0 Å². The van der Waals surface area contributed by atoms with E-state index in [4.69, 9.17) is 10.6 Å². The highest BCUT2D eigenvalue weighted by molar-refractivity contribution is 5.38. The molecule has 0 saturated heterocycles. The molecule has 2 rings (SSSR count). The predicted octanol–water partition coefficient (Wildman–Crippen LogP) is 2.26. The number of benzene rings is 1. The van der Waals surface area contributed by atoms with Gasteiger partial charge in [0.25, 0.3) is 0 Å². The number of rotatable bonds is 4. The van der Waals surface area contributed by atoms with Gasteiger partial charge in [0, 0.05) is 12.5 Å². The van der Waals surface area contributed by atoms with Gasteiger partial charge in [0.1, 0.15) is 23.2 Å². The van der Waals surface area contributed by atoms with Crippen LogP contribution in [0.25, 0.3) is 0 Å². The number of hydrazine groups is 1. The van der Waals surface area contributed by atoms with Crippen molar-refractivity contribution in [2.45, 2.75) is 13.3 Å². The molecule has 2 aromatic rings. The van der Waals surface area contributed by atoms with Gasteiger partial charge in [0.15, 0.2) is 0 Å². The summed E-state index contributed by atoms with van der Waals surface area (Å²) in [6, 6.07) is 7.26. The number of nitrogens with zero attached hydrogens (tertiary/aromatic N) is 2. The summed E-state index contributed by atoms with van der Waals surface area (Å²) in [4.78, 5) is 8.33. The Labute approximate surface area is 104 Å². The molecule has 1 aromatic heterocycles. The number of aryl methyl sites for hydroxylation is 1. The minimum absolute atomic E-state index is 0.316. The number of nitrogens with two attached hydrogens (primary N) is 1. The van der Waals surface area contributed by atoms with Gasteiger partial charge in [-0.2, -0.15) is 4.98 Å². The summed E-state index contributed by atoms with van der Waals surface area (Å²) in [6.45, 7) is 1.93. The Morgan fingerprint density at radius 3 is 2.61 bits per heavy atom. The van der Waals surface area contributed by atoms with E-state index in [9.17, 15) is 4.39 Å². The largest absolute Gasteiger partial charge is 0.439 e. The standard InChI is InChI=1S/C12H13FN4O/c1-2-10-15-11(17-14)7-12(16-10)18-9-5-3-8(13)4-6-9/h3-7H,2,14H2,1H3,(H,15,16,17). The van der Waals surface area contributed by atoms with Gasteiger partial charge in [-0.15, -0.1) is 0 Å². The van der Waals surface area contributed by atoms with Gasteiger partial charge in [-0.1, -0.05) is 6.92 Å². The second-order valence-corrected chi connectivity index (χ2v) is 3.56. The summed E-state index contributed by atoms with van der Waals surface area (Å²) >= 11 is 0. The molecule has 0 radical (unpaired) electrons. The summed E-state index contributed by atoms with van der Waals surface area (Å²) in [7, 11) is 0. The third kappa shape index (κ3) is 2.92. The smallest absolute Gasteiger partial charge is 0.224 e. The Bertz CT molecular complexity index is 508. The molecule has 94 valence electrons. The quantitative estimate of drug-likeness (QED) is 0.641. The Hall–Kier alpha value is -2.21. The van der Waals surface area contributed by atoms with E-state index >= 15 is 0 Å². The van der Waals surface area contributed by atoms with Crippen LogP contribution in [0, 0.1) is 5.82 Å². The molecule has 0 unspecified atom stereocenters. The lowest BCUT2D eigenvalue weighted by Gasteiger charge is -2.08. The summed E-state index contributed by atoms with van der Waals surface area (Å²) in [5.41, 5.74) is 2.45. The molecular formula is C12H13FN4O. The van der Waals surface area contributed by atoms with Crippen molar-refractivity contribution in [2.75, 3.05) is 5.43 Å². The molecule has 1 aromatic carbocycles. The summed E-state index contributed by atoms with van der Waals surface area (Å²) in [5.74, 6) is 6.94. The first-order valence-corrected chi connectivity index (χ1v) is 5.49. The zero-order valence-electron chi connectivity index (χ0n) is 9.85. The molecule has 0 bridgehead atoms. The van der Waals surface area contributed by atoms with E-state index in [1.165, 1.54) is 24.3 Å². The van der Waals surface area contributed by atoms with Crippen LogP contribution in [0.2, 0.25) is 0 Å². The zero-order chi connectivity index (χ0) is 13.0. The molecule has 0 saturated carbocycles. The van der Waals surface area contributed by atoms with Crippen molar-refractivity contribution in [3.05, 3.63) is 42.0 Å². The number of nitrogen functional groups attached to an aromatic ring is 1. The number of anilines is 1. The summed E-state index contributed by atoms with van der Waals surface area (Å²) in [6.07, 6.45) is 0.662. The third-order valence-electron chi connectivity index (χ3n) is 2.25. The van der Waals surface area contributed by atoms with Crippen molar-refractivity contribution >= 4 is 5.82 Å². The van der Waals surface area contributed by atoms with Crippen molar-refractivity contribution in [3.8, 4) is 11.6 Å². The van der Waals surface area contributed by atoms with E-state index in [-0.39, 0.29) is 5.82 Å². The molecule has 0 amide bonds. The van der Waals surface area contributed by atoms with Gasteiger partial charge in [-0.3, -0.25) is 0 Å². The van der Waals surface area contributed by atoms with Crippen LogP contribution in [-0.4, -0.2) is 9.97 Å². The fourth-order valence-electron chi connectivity index (χ4n) is 1.38. The first-order valence-electron chi connectivity index (χ1n) is 5.49. The van der Waals surface area contributed by atoms with E-state index in [2.05, 4.69) is 15.4 Å². The molecule has 5 nitrogen and oxygen atoms in total. The van der Waals surface area contributed by atoms with Crippen molar-refractivity contribution in [1.29, 1.82) is 0 Å². The SMILES string of the molecule is CCc1nc(NN)cc(Oc2ccc(F)cc2)n1. The van der Waals surface area contributed by atoms with Crippen molar-refractivity contribution in [3.63, 3.8) is 0 Å². The summed E-state index contributed by atoms with van der Waals surface area (Å²) in [5, 5.41) is 0. The van der Waals surface area contributed by atoms with Crippen LogP contribution in [-0.2, 0) is 6.42 Å². The molecule has 0 fully saturated rings. The lowest BCUT2D eigenvalue weighted by atomic mass is 10.3. The van der Waals surface area contributed by atoms with E-state index in [0.29, 0.717) is 29.7 Å². The molecule has 0 aliphatic heterocycles. The minimum Gasteiger partial charge on any atom is -0.439 e. The first-order chi connectivity index (χ1) is 8.71. The van der Waals surface area contributed by atoms with Gasteiger partial charge in [-0.05, 0) is 24.3 Å². The zero-order valence-corrected chi connectivity index (χ0v) is 9.85. The Balaban J connectivity index is 2.25. The second kappa shape index (κ2) is 5.42. The molecule has 0 spiro atoms. The monoisotopic (exact) mass is 248 g/mol. The van der Waals surface area contributed by atoms with Gasteiger partial charge >= 0.3 is 0 Å². The Morgan fingerprint density at radius 1 is 1.28 bits per heavy atom. The van der Waals surface area contributed by atoms with Gasteiger partial charge in [-0.25, -0.2) is 15.2 Å². The molecule has 0 aliphatic rings. The number of nitrogens with one attached hydrogen (secondary N) is 1. The molecule has 0 aliphatic carbocycles. The fourth-order valence-corrected chi connectivity index (χ4v) is 1.38. The van der Waals surface area contributed by atoms with Crippen LogP contribution < -0.4 is 16.0 Å². The van der Waals surface area contributed by atoms with Gasteiger partial charge in [0.2, 0.25) is 5.88 Å². The maximum absolute atomic E-state index is 12.8. The van der Waals surface area contributed by atoms with Crippen LogP contribution in [0.1, 0.15) is 12.7 Å². The Morgan fingerprint density at radius 2 is 2.00 bits per heavy atom. The van der Waals surface area contributed by atoms with E-state index in [1.54, 1.807) is 6.07 Å². The topological polar surface area (TPSA) is 73.1 Å². The predicted molar refractivity (Wildman–Crippen MR) is 65.7 cm³/mol. The number of hydrogen-bond acceptors (Lipinski definition) is 5. The maximum Gasteiger partial charge on any atom is 0.224 e. The molecule has 18 heavy (non-hydrogen) atoms. The van der Waals surface area contributed by atoms with Crippen molar-refractivity contribution < 1.29 is 9.13 Å². The third-order valence-corrected chi connectivity index (χ3v) is 2.25. The van der Waals surface area contributed by atoms with Gasteiger partial charge < -0.3 is 10.2 Å². The molecular weight excluding hydrogens is 235 g/mol. The highest BCUT2D eigenvalue weighted by atomic mass is 19.1. The second-order valence-electron chi connectivity index (χ2n) is 3.56. The van der Waals surface area contributed by atoms with E-state index in [1.807, 2.05) is 6.92 Å². The van der Waals surface area contributed by atoms with Crippen molar-refractivity contribution in [1.82, 2.24) is 9.97 Å². The summed E-state index contributed by atoms with van der Waals surface area (Å²) < 4.78 is 18.3. The highest BCUT2D eigenvalue weighted by Crippen LogP contribution is 2.21. The van der Waals surface area contributed by atoms with Crippen LogP contribution >= 0.6 is 0 Å². The average molecular weight is 248 g/mol. The minimum atomic E-state index is -0.316. The molecule has 1 heterocycles. The van der Waals surface area contributed by atoms with Crippen LogP contribution in [0.3, 0.4) is 0 Å². The maximum atomic E-state index is 12.8. The Kier molecular flexibility index (Phi) is 3.69. The highest BCUT2D eigenvalue weighted by Gasteiger charge is 2.05. The first kappa shape index (κ1) is 12.3. The fraction of sp³-hybridized carbons (Fsp3) is 0.167. The van der Waals surface area contributed by atoms with Crippen LogP contribution in [0.15, 0.2) is 30.3 Å². The van der Waals surface area contributed by atoms with Gasteiger partial charge in [0.05, 0.1) is 0 Å². The van der Waals surface area contributed by atoms with Crippen LogP contribution in [0.4, 0.5) is 10.2 Å². The molecule has 6 heteroatoms. The number of aromatic nitrogens is 2. The molecule has 0 atom stereocenters. The number of hydrogen-bond donors (Lipinski definition) is 2. The lowest BCUT2D eigenvalue weighted by Crippen LogP contribution is -2.10. The lowest BCUT2D eigenvalue weighted by molar-refractivity contribution is 0.457. The molecule has 3 N–H and O–H groups in total. The normalized spacial score (nSPS) is 10.2. The number of halogens is 1. The van der Waals surface area contributed by atoms with Crippen LogP contribution in [0.5, 0.6) is 11.6 Å². The average Bonchev–Trinajstić information content (AvgIpc) is 2.41. The van der Waals surface area contributed by atoms with E-state index in [0.717, 1.165) is 0 Å². The number of ether oxygens (including phenoxy) is 1. The van der Waals surface area contributed by atoms with Crippen molar-refractivity contribution in [2.24, 2.45) is 5.84 Å².